The van der Waals surface area contributed by atoms with E-state index in [0.717, 1.165) is 0 Å². The lowest BCUT2D eigenvalue weighted by Gasteiger charge is -2.47. The fourth-order valence-corrected chi connectivity index (χ4v) is 3.05. The second-order valence-electron chi connectivity index (χ2n) is 3.49. The Balaban J connectivity index is 2.34. The van der Waals surface area contributed by atoms with Crippen LogP contribution in [0.2, 0.25) is 0 Å². The van der Waals surface area contributed by atoms with Crippen molar-refractivity contribution in [3.8, 4) is 0 Å². The van der Waals surface area contributed by atoms with Crippen molar-refractivity contribution in [2.75, 3.05) is 5.75 Å². The molecule has 84 valence electrons. The third-order valence-corrected chi connectivity index (χ3v) is 3.92. The first kappa shape index (κ1) is 10.8. The van der Waals surface area contributed by atoms with E-state index in [2.05, 4.69) is 10.0 Å². The highest BCUT2D eigenvalue weighted by Crippen LogP contribution is 2.41. The first-order valence-electron chi connectivity index (χ1n) is 4.50. The third kappa shape index (κ3) is 1.35. The molecule has 1 N–H and O–H groups in total. The number of aliphatic carboxylic acids is 1. The minimum Gasteiger partial charge on any atom is -0.477 e. The van der Waals surface area contributed by atoms with Crippen LogP contribution in [-0.4, -0.2) is 39.1 Å². The predicted octanol–water partition coefficient (Wildman–Crippen LogP) is 0.939. The zero-order chi connectivity index (χ0) is 11.9. The van der Waals surface area contributed by atoms with Crippen molar-refractivity contribution in [2.24, 2.45) is 5.11 Å². The van der Waals surface area contributed by atoms with Crippen LogP contribution in [0.5, 0.6) is 0 Å². The molecule has 2 aliphatic rings. The van der Waals surface area contributed by atoms with Crippen LogP contribution in [0, 0.1) is 0 Å². The summed E-state index contributed by atoms with van der Waals surface area (Å²) in [5.41, 5.74) is 8.97. The molecular weight excluding hydrogens is 232 g/mol. The number of β-lactam (4-membered cyclic amide) rings is 1. The van der Waals surface area contributed by atoms with Crippen molar-refractivity contribution < 1.29 is 14.7 Å². The maximum absolute atomic E-state index is 11.6. The molecule has 1 fully saturated rings. The Morgan fingerprint density at radius 2 is 2.44 bits per heavy atom. The van der Waals surface area contributed by atoms with Gasteiger partial charge in [-0.2, -0.15) is 0 Å². The number of fused-ring (bicyclic) bond motifs is 1. The van der Waals surface area contributed by atoms with Gasteiger partial charge in [0.25, 0.3) is 0 Å². The summed E-state index contributed by atoms with van der Waals surface area (Å²) in [6.45, 7) is 1.68. The molecule has 0 aromatic carbocycles. The molecule has 0 aromatic rings. The van der Waals surface area contributed by atoms with Gasteiger partial charge < -0.3 is 5.11 Å². The Hall–Kier alpha value is -1.66. The summed E-state index contributed by atoms with van der Waals surface area (Å²) in [7, 11) is 0. The molecule has 1 amide bonds. The molecule has 7 nitrogen and oxygen atoms in total. The van der Waals surface area contributed by atoms with E-state index in [1.165, 1.54) is 16.7 Å². The van der Waals surface area contributed by atoms with Crippen molar-refractivity contribution in [1.82, 2.24) is 4.90 Å². The average molecular weight is 240 g/mol. The molecule has 2 atom stereocenters. The zero-order valence-corrected chi connectivity index (χ0v) is 9.14. The van der Waals surface area contributed by atoms with Crippen molar-refractivity contribution in [2.45, 2.75) is 18.3 Å². The first-order chi connectivity index (χ1) is 7.57. The molecule has 0 radical (unpaired) electrons. The molecule has 2 unspecified atom stereocenters. The fourth-order valence-electron chi connectivity index (χ4n) is 1.78. The molecular formula is C8H8N4O3S. The van der Waals surface area contributed by atoms with Crippen molar-refractivity contribution in [3.63, 3.8) is 0 Å². The maximum Gasteiger partial charge on any atom is 0.352 e. The molecule has 0 aliphatic carbocycles. The van der Waals surface area contributed by atoms with Gasteiger partial charge in [-0.1, -0.05) is 5.11 Å². The highest BCUT2D eigenvalue weighted by atomic mass is 32.2. The number of nitrogens with zero attached hydrogens (tertiary/aromatic N) is 4. The second-order valence-corrected chi connectivity index (χ2v) is 4.60. The number of amides is 1. The minimum atomic E-state index is -1.12. The van der Waals surface area contributed by atoms with E-state index in [1.54, 1.807) is 6.92 Å². The number of rotatable bonds is 2. The number of carboxylic acids is 1. The van der Waals surface area contributed by atoms with E-state index in [9.17, 15) is 9.59 Å². The van der Waals surface area contributed by atoms with E-state index in [-0.39, 0.29) is 11.1 Å². The van der Waals surface area contributed by atoms with Crippen molar-refractivity contribution in [3.05, 3.63) is 21.7 Å². The van der Waals surface area contributed by atoms with Gasteiger partial charge >= 0.3 is 5.97 Å². The first-order valence-corrected chi connectivity index (χ1v) is 5.54. The van der Waals surface area contributed by atoms with Crippen LogP contribution in [0.3, 0.4) is 0 Å². The molecule has 2 rings (SSSR count). The van der Waals surface area contributed by atoms with Gasteiger partial charge in [-0.25, -0.2) is 4.79 Å². The van der Waals surface area contributed by atoms with Gasteiger partial charge in [0.2, 0.25) is 5.91 Å². The van der Waals surface area contributed by atoms with Crippen LogP contribution in [0.1, 0.15) is 6.92 Å². The number of thioether (sulfide) groups is 1. The largest absolute Gasteiger partial charge is 0.477 e. The summed E-state index contributed by atoms with van der Waals surface area (Å²) >= 11 is 1.41. The van der Waals surface area contributed by atoms with E-state index in [1.807, 2.05) is 0 Å². The summed E-state index contributed by atoms with van der Waals surface area (Å²) in [6, 6.07) is -0.766. The van der Waals surface area contributed by atoms with Gasteiger partial charge in [-0.05, 0) is 18.0 Å². The van der Waals surface area contributed by atoms with Crippen molar-refractivity contribution >= 4 is 23.6 Å². The lowest BCUT2D eigenvalue weighted by atomic mass is 10.0. The topological polar surface area (TPSA) is 106 Å². The average Bonchev–Trinajstić information content (AvgIpc) is 2.25. The van der Waals surface area contributed by atoms with Gasteiger partial charge in [0.15, 0.2) is 0 Å². The fraction of sp³-hybridized carbons (Fsp3) is 0.500. The van der Waals surface area contributed by atoms with Crippen LogP contribution < -0.4 is 0 Å². The molecule has 0 bridgehead atoms. The van der Waals surface area contributed by atoms with Gasteiger partial charge in [0.05, 0.1) is 0 Å². The number of carbonyl (C=O) groups is 2. The van der Waals surface area contributed by atoms with Crippen LogP contribution in [-0.2, 0) is 9.59 Å². The predicted molar refractivity (Wildman–Crippen MR) is 56.4 cm³/mol. The molecule has 0 saturated carbocycles. The lowest BCUT2D eigenvalue weighted by molar-refractivity contribution is -0.147. The smallest absolute Gasteiger partial charge is 0.352 e. The molecule has 0 spiro atoms. The van der Waals surface area contributed by atoms with Crippen LogP contribution in [0.25, 0.3) is 10.4 Å². The number of carbonyl (C=O) groups excluding carboxylic acids is 1. The van der Waals surface area contributed by atoms with Crippen LogP contribution >= 0.6 is 11.8 Å². The molecule has 8 heteroatoms. The number of hydrogen-bond donors (Lipinski definition) is 1. The Bertz CT molecular complexity index is 454. The van der Waals surface area contributed by atoms with E-state index in [0.29, 0.717) is 11.3 Å². The maximum atomic E-state index is 11.6. The van der Waals surface area contributed by atoms with E-state index in [4.69, 9.17) is 10.6 Å². The normalized spacial score (nSPS) is 28.1. The molecule has 2 aliphatic heterocycles. The second kappa shape index (κ2) is 3.73. The monoisotopic (exact) mass is 240 g/mol. The summed E-state index contributed by atoms with van der Waals surface area (Å²) in [6.07, 6.45) is 0. The van der Waals surface area contributed by atoms with E-state index < -0.39 is 17.9 Å². The summed E-state index contributed by atoms with van der Waals surface area (Å²) in [5, 5.41) is 12.0. The number of hydrogen-bond acceptors (Lipinski definition) is 4. The van der Waals surface area contributed by atoms with Gasteiger partial charge in [0, 0.05) is 10.7 Å². The van der Waals surface area contributed by atoms with Gasteiger partial charge in [0.1, 0.15) is 17.1 Å². The Morgan fingerprint density at radius 3 is 3.00 bits per heavy atom. The highest BCUT2D eigenvalue weighted by Gasteiger charge is 2.52. The van der Waals surface area contributed by atoms with Crippen LogP contribution in [0.4, 0.5) is 0 Å². The SMILES string of the molecule is CC1=C(C(=O)O)N2C(=O)C(N=[N+]=[N-])C2SC1. The van der Waals surface area contributed by atoms with Gasteiger partial charge in [-0.15, -0.1) is 11.8 Å². The highest BCUT2D eigenvalue weighted by molar-refractivity contribution is 8.00. The summed E-state index contributed by atoms with van der Waals surface area (Å²) in [4.78, 5) is 26.4. The van der Waals surface area contributed by atoms with Crippen LogP contribution in [0.15, 0.2) is 16.4 Å². The molecule has 16 heavy (non-hydrogen) atoms. The lowest BCUT2D eigenvalue weighted by Crippen LogP contribution is -2.63. The van der Waals surface area contributed by atoms with Crippen molar-refractivity contribution in [1.29, 1.82) is 0 Å². The molecule has 1 saturated heterocycles. The summed E-state index contributed by atoms with van der Waals surface area (Å²) < 4.78 is 0. The molecule has 2 heterocycles. The Morgan fingerprint density at radius 1 is 1.75 bits per heavy atom. The zero-order valence-electron chi connectivity index (χ0n) is 8.32. The number of carboxylic acid groups (broad SMARTS) is 1. The standard InChI is InChI=1S/C8H8N4O3S/c1-3-2-16-7-4(10-11-9)6(13)12(7)5(3)8(14)15/h4,7H,2H2,1H3,(H,14,15). The summed E-state index contributed by atoms with van der Waals surface area (Å²) in [5.74, 6) is -1.02. The minimum absolute atomic E-state index is 0.0261. The molecule has 0 aromatic heterocycles. The Labute approximate surface area is 94.7 Å². The quantitative estimate of drug-likeness (QED) is 0.335. The van der Waals surface area contributed by atoms with E-state index >= 15 is 0 Å². The Kier molecular flexibility index (Phi) is 2.53. The third-order valence-electron chi connectivity index (χ3n) is 2.51. The number of azide groups is 1. The van der Waals surface area contributed by atoms with Gasteiger partial charge in [-0.3, -0.25) is 9.69 Å².